The van der Waals surface area contributed by atoms with Gasteiger partial charge in [0.25, 0.3) is 0 Å². The predicted molar refractivity (Wildman–Crippen MR) is 285 cm³/mol. The molecule has 0 aliphatic carbocycles. The molecule has 0 aliphatic rings. The standard InChI is InChI=1S/C63H35N7/c1-66-60-62(69-54-30-14-8-22-44(54)45-23-9-15-31-55(45)69)49(37-64)61(68-52-28-12-6-20-42(52)43-21-7-13-29-53(43)68)50(38-65)63(60)70-56-32-16-10-25-48(56)59-41(26-17-33-57(59)70)39-34-35-47-46-24-5-11-27-51(46)67(58(47)36-39)40-18-3-2-4-19-40/h2-36H. The van der Waals surface area contributed by atoms with Crippen molar-refractivity contribution in [1.29, 1.82) is 10.5 Å². The largest absolute Gasteiger partial charge is 0.318 e. The van der Waals surface area contributed by atoms with Crippen molar-refractivity contribution in [2.75, 3.05) is 0 Å². The van der Waals surface area contributed by atoms with E-state index in [0.29, 0.717) is 17.1 Å². The van der Waals surface area contributed by atoms with Crippen LogP contribution in [0.5, 0.6) is 0 Å². The van der Waals surface area contributed by atoms with Gasteiger partial charge in [-0.3, -0.25) is 0 Å². The maximum Gasteiger partial charge on any atom is 0.236 e. The molecule has 4 heterocycles. The fraction of sp³-hybridized carbons (Fsp3) is 0. The van der Waals surface area contributed by atoms with Gasteiger partial charge in [0.05, 0.1) is 78.9 Å². The molecule has 0 aliphatic heterocycles. The monoisotopic (exact) mass is 889 g/mol. The molecular weight excluding hydrogens is 855 g/mol. The lowest BCUT2D eigenvalue weighted by atomic mass is 9.98. The van der Waals surface area contributed by atoms with E-state index in [4.69, 9.17) is 0 Å². The van der Waals surface area contributed by atoms with Crippen molar-refractivity contribution in [3.63, 3.8) is 0 Å². The van der Waals surface area contributed by atoms with Crippen LogP contribution in [0.2, 0.25) is 0 Å². The molecule has 70 heavy (non-hydrogen) atoms. The first kappa shape index (κ1) is 39.1. The summed E-state index contributed by atoms with van der Waals surface area (Å²) < 4.78 is 8.58. The second-order valence-corrected chi connectivity index (χ2v) is 17.7. The smallest absolute Gasteiger partial charge is 0.236 e. The Hall–Kier alpha value is -10.1. The third kappa shape index (κ3) is 5.25. The number of aromatic nitrogens is 4. The van der Waals surface area contributed by atoms with E-state index in [1.807, 2.05) is 91.0 Å². The maximum atomic E-state index is 11.9. The fourth-order valence-electron chi connectivity index (χ4n) is 11.5. The molecule has 0 N–H and O–H groups in total. The van der Waals surface area contributed by atoms with Crippen LogP contribution in [0.3, 0.4) is 0 Å². The zero-order chi connectivity index (χ0) is 46.6. The lowest BCUT2D eigenvalue weighted by Crippen LogP contribution is -2.11. The summed E-state index contributed by atoms with van der Waals surface area (Å²) in [6.45, 7) is 9.27. The summed E-state index contributed by atoms with van der Waals surface area (Å²) in [4.78, 5) is 4.44. The highest BCUT2D eigenvalue weighted by Gasteiger charge is 2.33. The van der Waals surface area contributed by atoms with Crippen LogP contribution in [-0.4, -0.2) is 18.3 Å². The molecule has 0 spiro atoms. The first-order chi connectivity index (χ1) is 34.7. The first-order valence-corrected chi connectivity index (χ1v) is 23.2. The molecule has 0 atom stereocenters. The van der Waals surface area contributed by atoms with E-state index in [9.17, 15) is 17.1 Å². The van der Waals surface area contributed by atoms with Crippen molar-refractivity contribution in [2.45, 2.75) is 0 Å². The van der Waals surface area contributed by atoms with Crippen LogP contribution in [-0.2, 0) is 0 Å². The second kappa shape index (κ2) is 14.9. The average molecular weight is 890 g/mol. The molecule has 0 amide bonds. The zero-order valence-electron chi connectivity index (χ0n) is 37.3. The minimum atomic E-state index is 0.200. The molecule has 14 aromatic rings. The molecule has 4 aromatic heterocycles. The molecule has 322 valence electrons. The third-order valence-electron chi connectivity index (χ3n) is 14.3. The number of hydrogen-bond donors (Lipinski definition) is 0. The molecule has 7 heteroatoms. The number of benzene rings is 10. The Kier molecular flexibility index (Phi) is 8.34. The quantitative estimate of drug-likeness (QED) is 0.162. The van der Waals surface area contributed by atoms with E-state index in [1.54, 1.807) is 0 Å². The van der Waals surface area contributed by atoms with Crippen molar-refractivity contribution < 1.29 is 0 Å². The Labute approximate surface area is 400 Å². The van der Waals surface area contributed by atoms with Crippen molar-refractivity contribution in [3.05, 3.63) is 235 Å². The molecule has 7 nitrogen and oxygen atoms in total. The Bertz CT molecular complexity index is 4430. The Morgan fingerprint density at radius 3 is 1.21 bits per heavy atom. The van der Waals surface area contributed by atoms with Crippen LogP contribution in [0.1, 0.15) is 11.1 Å². The molecule has 0 saturated carbocycles. The summed E-state index contributed by atoms with van der Waals surface area (Å²) in [5.74, 6) is 0. The van der Waals surface area contributed by atoms with Crippen molar-refractivity contribution in [1.82, 2.24) is 18.3 Å². The van der Waals surface area contributed by atoms with E-state index in [1.165, 1.54) is 5.39 Å². The van der Waals surface area contributed by atoms with Gasteiger partial charge in [-0.1, -0.05) is 152 Å². The van der Waals surface area contributed by atoms with E-state index in [-0.39, 0.29) is 16.8 Å². The van der Waals surface area contributed by atoms with Crippen molar-refractivity contribution in [3.8, 4) is 46.0 Å². The summed E-state index contributed by atoms with van der Waals surface area (Å²) in [5, 5.41) is 31.9. The predicted octanol–water partition coefficient (Wildman–Crippen LogP) is 16.0. The minimum absolute atomic E-state index is 0.200. The SMILES string of the molecule is [C-]#[N+]c1c(-n2c3ccccc3c3ccccc32)c(C#N)c(-n2c3ccccc3c3ccccc32)c(C#N)c1-n1c2ccccc2c2c(-c3ccc4c5ccccc5n(-c5ccccc5)c4c3)cccc21. The summed E-state index contributed by atoms with van der Waals surface area (Å²) in [7, 11) is 0. The number of nitriles is 2. The van der Waals surface area contributed by atoms with Gasteiger partial charge >= 0.3 is 0 Å². The van der Waals surface area contributed by atoms with Crippen LogP contribution in [0.4, 0.5) is 5.69 Å². The van der Waals surface area contributed by atoms with Crippen LogP contribution < -0.4 is 0 Å². The highest BCUT2D eigenvalue weighted by molar-refractivity contribution is 6.19. The summed E-state index contributed by atoms with van der Waals surface area (Å²) >= 11 is 0. The second-order valence-electron chi connectivity index (χ2n) is 17.7. The molecule has 10 aromatic carbocycles. The lowest BCUT2D eigenvalue weighted by Gasteiger charge is -2.23. The van der Waals surface area contributed by atoms with Gasteiger partial charge in [0.15, 0.2) is 0 Å². The number of nitrogens with zero attached hydrogens (tertiary/aromatic N) is 7. The maximum absolute atomic E-state index is 11.9. The molecule has 0 fully saturated rings. The van der Waals surface area contributed by atoms with Crippen LogP contribution in [0.15, 0.2) is 212 Å². The molecular formula is C63H35N7. The Morgan fingerprint density at radius 2 is 0.729 bits per heavy atom. The Balaban J connectivity index is 1.16. The van der Waals surface area contributed by atoms with Gasteiger partial charge in [0.2, 0.25) is 5.69 Å². The highest BCUT2D eigenvalue weighted by atomic mass is 15.1. The molecule has 0 bridgehead atoms. The van der Waals surface area contributed by atoms with E-state index in [2.05, 4.69) is 157 Å². The molecule has 0 unspecified atom stereocenters. The van der Waals surface area contributed by atoms with E-state index >= 15 is 0 Å². The van der Waals surface area contributed by atoms with Gasteiger partial charge in [-0.2, -0.15) is 10.5 Å². The van der Waals surface area contributed by atoms with Crippen molar-refractivity contribution >= 4 is 92.9 Å². The molecule has 14 rings (SSSR count). The first-order valence-electron chi connectivity index (χ1n) is 23.2. The number of hydrogen-bond acceptors (Lipinski definition) is 2. The third-order valence-corrected chi connectivity index (χ3v) is 14.3. The van der Waals surface area contributed by atoms with Crippen LogP contribution >= 0.6 is 0 Å². The summed E-state index contributed by atoms with van der Waals surface area (Å²) in [6, 6.07) is 78.1. The van der Waals surface area contributed by atoms with Gasteiger partial charge < -0.3 is 18.3 Å². The number of rotatable bonds is 5. The topological polar surface area (TPSA) is 71.7 Å². The van der Waals surface area contributed by atoms with Gasteiger partial charge in [0.1, 0.15) is 12.1 Å². The van der Waals surface area contributed by atoms with Gasteiger partial charge in [-0.05, 0) is 71.8 Å². The number of para-hydroxylation sites is 7. The van der Waals surface area contributed by atoms with Gasteiger partial charge in [0, 0.05) is 48.8 Å². The summed E-state index contributed by atoms with van der Waals surface area (Å²) in [6.07, 6.45) is 0. The normalized spacial score (nSPS) is 11.7. The van der Waals surface area contributed by atoms with Gasteiger partial charge in [-0.15, -0.1) is 0 Å². The van der Waals surface area contributed by atoms with E-state index < -0.39 is 0 Å². The number of fused-ring (bicyclic) bond motifs is 12. The average Bonchev–Trinajstić information content (AvgIpc) is 4.15. The van der Waals surface area contributed by atoms with E-state index in [0.717, 1.165) is 98.7 Å². The zero-order valence-corrected chi connectivity index (χ0v) is 37.3. The van der Waals surface area contributed by atoms with Crippen molar-refractivity contribution in [2.24, 2.45) is 0 Å². The lowest BCUT2D eigenvalue weighted by molar-refractivity contribution is 1.08. The highest BCUT2D eigenvalue weighted by Crippen LogP contribution is 2.50. The molecule has 0 saturated heterocycles. The van der Waals surface area contributed by atoms with Crippen LogP contribution in [0, 0.1) is 29.2 Å². The summed E-state index contributed by atoms with van der Waals surface area (Å²) in [5.41, 5.74) is 12.3. The fourth-order valence-corrected chi connectivity index (χ4v) is 11.5. The van der Waals surface area contributed by atoms with Gasteiger partial charge in [-0.25, -0.2) is 4.85 Å². The molecule has 0 radical (unpaired) electrons. The minimum Gasteiger partial charge on any atom is -0.318 e. The Morgan fingerprint density at radius 1 is 0.343 bits per heavy atom. The van der Waals surface area contributed by atoms with Crippen LogP contribution in [0.25, 0.3) is 126 Å².